The van der Waals surface area contributed by atoms with E-state index < -0.39 is 18.4 Å². The number of carbonyl (C=O) groups excluding carboxylic acids is 4. The highest BCUT2D eigenvalue weighted by Crippen LogP contribution is 2.62. The van der Waals surface area contributed by atoms with Crippen LogP contribution in [-0.2, 0) is 23.8 Å². The minimum Gasteiger partial charge on any atom is -0.431 e. The summed E-state index contributed by atoms with van der Waals surface area (Å²) in [6.07, 6.45) is 14.0. The molecule has 0 saturated heterocycles. The van der Waals surface area contributed by atoms with Gasteiger partial charge in [-0.3, -0.25) is 9.59 Å². The first-order chi connectivity index (χ1) is 24.9. The Morgan fingerprint density at radius 2 is 1.51 bits per heavy atom. The summed E-state index contributed by atoms with van der Waals surface area (Å²) in [7, 11) is 0. The fourth-order valence-corrected chi connectivity index (χ4v) is 13.8. The van der Waals surface area contributed by atoms with Crippen LogP contribution in [0.15, 0.2) is 11.6 Å². The molecule has 1 aromatic rings. The van der Waals surface area contributed by atoms with Gasteiger partial charge in [-0.2, -0.15) is 0 Å². The average Bonchev–Trinajstić information content (AvgIpc) is 3.41. The maximum atomic E-state index is 13.5. The van der Waals surface area contributed by atoms with Crippen LogP contribution in [0.1, 0.15) is 143 Å². The molecule has 0 aromatic heterocycles. The number of amides is 2. The van der Waals surface area contributed by atoms with E-state index in [0.29, 0.717) is 39.8 Å². The molecule has 3 unspecified atom stereocenters. The number of nitrogens with one attached hydrogen (secondary N) is 2. The van der Waals surface area contributed by atoms with E-state index in [1.54, 1.807) is 0 Å². The second-order valence-corrected chi connectivity index (χ2v) is 19.7. The number of halogens is 3. The molecule has 0 heterocycles. The molecule has 2 fully saturated rings. The number of hydrogen-bond donors (Lipinski definition) is 2. The lowest BCUT2D eigenvalue weighted by molar-refractivity contribution is -0.115. The topological polar surface area (TPSA) is 120 Å². The van der Waals surface area contributed by atoms with Crippen LogP contribution < -0.4 is 10.6 Å². The highest BCUT2D eigenvalue weighted by molar-refractivity contribution is 14.1. The molecule has 0 spiro atoms. The van der Waals surface area contributed by atoms with Gasteiger partial charge in [0.1, 0.15) is 6.10 Å². The summed E-state index contributed by atoms with van der Waals surface area (Å²) >= 11 is 5.95. The van der Waals surface area contributed by atoms with Gasteiger partial charge >= 0.3 is 12.1 Å². The Bertz CT molecular complexity index is 1500. The van der Waals surface area contributed by atoms with Crippen molar-refractivity contribution >= 4 is 103 Å². The van der Waals surface area contributed by atoms with Crippen LogP contribution in [0.3, 0.4) is 0 Å². The molecule has 8 atom stereocenters. The smallest absolute Gasteiger partial charge is 0.431 e. The zero-order chi connectivity index (χ0) is 39.2. The van der Waals surface area contributed by atoms with E-state index in [1.807, 2.05) is 67.8 Å². The normalized spacial score (nSPS) is 28.0. The highest BCUT2D eigenvalue weighted by atomic mass is 127. The standard InChI is InChI=1S/C41H59I3N2O7/c1-22(2)11-9-12-24(4)31-17-18-32-30-16-15-23(3)21-29(14-10-13-28(30)19-20-41(31,32)8)53-40(50)52-27(7)51-39(49)33-34(42)37(45-25(5)47)36(44)38(35(33)43)46-26(6)48/h15,22,24,27-32H,9-14,16-21H2,1-8H3,(H,45,47)(H,46,48)/b23-15+/t24-,27?,28?,29+,30-,31-,32?,41-/m1/s1. The summed E-state index contributed by atoms with van der Waals surface area (Å²) in [5.41, 5.74) is 2.58. The molecule has 12 heteroatoms. The molecule has 2 amide bonds. The van der Waals surface area contributed by atoms with Crippen molar-refractivity contribution in [3.05, 3.63) is 27.9 Å². The summed E-state index contributed by atoms with van der Waals surface area (Å²) in [5.74, 6) is 3.18. The molecule has 1 aromatic carbocycles. The number of fused-ring (bicyclic) bond motifs is 3. The molecule has 2 saturated carbocycles. The Morgan fingerprint density at radius 3 is 2.11 bits per heavy atom. The van der Waals surface area contributed by atoms with E-state index in [0.717, 1.165) is 55.3 Å². The van der Waals surface area contributed by atoms with Gasteiger partial charge in [-0.1, -0.05) is 65.0 Å². The summed E-state index contributed by atoms with van der Waals surface area (Å²) < 4.78 is 18.3. The van der Waals surface area contributed by atoms with Crippen LogP contribution in [0.4, 0.5) is 16.2 Å². The predicted octanol–water partition coefficient (Wildman–Crippen LogP) is 11.9. The molecule has 3 aliphatic rings. The van der Waals surface area contributed by atoms with E-state index in [1.165, 1.54) is 71.3 Å². The Kier molecular flexibility index (Phi) is 16.6. The lowest BCUT2D eigenvalue weighted by Crippen LogP contribution is -2.43. The number of rotatable bonds is 11. The third kappa shape index (κ3) is 11.5. The van der Waals surface area contributed by atoms with Gasteiger partial charge in [0, 0.05) is 27.2 Å². The van der Waals surface area contributed by atoms with Gasteiger partial charge in [-0.25, -0.2) is 9.59 Å². The van der Waals surface area contributed by atoms with Gasteiger partial charge in [-0.15, -0.1) is 0 Å². The van der Waals surface area contributed by atoms with Crippen LogP contribution in [0.25, 0.3) is 0 Å². The molecule has 4 rings (SSSR count). The maximum Gasteiger partial charge on any atom is 0.511 e. The van der Waals surface area contributed by atoms with Gasteiger partial charge in [0.05, 0.1) is 27.6 Å². The second kappa shape index (κ2) is 19.8. The fraction of sp³-hybridized carbons (Fsp3) is 0.707. The van der Waals surface area contributed by atoms with E-state index in [2.05, 4.69) is 51.3 Å². The number of hydrogen-bond acceptors (Lipinski definition) is 7. The molecular weight excluding hydrogens is 1010 g/mol. The molecule has 0 radical (unpaired) electrons. The van der Waals surface area contributed by atoms with Gasteiger partial charge in [0.15, 0.2) is 0 Å². The summed E-state index contributed by atoms with van der Waals surface area (Å²) in [6, 6.07) is 0. The molecule has 296 valence electrons. The maximum absolute atomic E-state index is 13.5. The summed E-state index contributed by atoms with van der Waals surface area (Å²) in [6.45, 7) is 16.2. The number of carbonyl (C=O) groups is 4. The first-order valence-electron chi connectivity index (χ1n) is 19.4. The molecule has 0 aliphatic heterocycles. The predicted molar refractivity (Wildman–Crippen MR) is 235 cm³/mol. The average molecular weight is 1070 g/mol. The summed E-state index contributed by atoms with van der Waals surface area (Å²) in [4.78, 5) is 50.4. The van der Waals surface area contributed by atoms with Crippen molar-refractivity contribution in [3.63, 3.8) is 0 Å². The molecule has 0 bridgehead atoms. The first-order valence-corrected chi connectivity index (χ1v) is 22.7. The minimum atomic E-state index is -1.24. The Labute approximate surface area is 357 Å². The molecule has 2 N–H and O–H groups in total. The number of benzene rings is 1. The lowest BCUT2D eigenvalue weighted by atomic mass is 9.55. The number of anilines is 2. The molecule has 9 nitrogen and oxygen atoms in total. The van der Waals surface area contributed by atoms with Crippen LogP contribution in [0.5, 0.6) is 0 Å². The number of allylic oxidation sites excluding steroid dienone is 1. The van der Waals surface area contributed by atoms with Crippen molar-refractivity contribution in [3.8, 4) is 0 Å². The van der Waals surface area contributed by atoms with Crippen molar-refractivity contribution in [2.75, 3.05) is 10.6 Å². The molecule has 3 aliphatic carbocycles. The Hall–Kier alpha value is -1.17. The van der Waals surface area contributed by atoms with E-state index >= 15 is 0 Å². The van der Waals surface area contributed by atoms with Crippen molar-refractivity contribution in [2.45, 2.75) is 145 Å². The van der Waals surface area contributed by atoms with Crippen molar-refractivity contribution in [1.82, 2.24) is 0 Å². The van der Waals surface area contributed by atoms with E-state index in [9.17, 15) is 19.2 Å². The third-order valence-corrected chi connectivity index (χ3v) is 15.3. The SMILES string of the molecule is CC(=O)Nc1c(I)c(NC(C)=O)c(I)c(C(=O)OC(C)OC(=O)O[C@H]2CCCC3CC[C@@]4(C)C(CC[C@@H]4[C@H](C)CCCC(C)C)[C@@H]3C/C=C(\C)C2)c1I. The van der Waals surface area contributed by atoms with E-state index in [4.69, 9.17) is 14.2 Å². The Balaban J connectivity index is 1.37. The first kappa shape index (κ1) is 44.5. The zero-order valence-electron chi connectivity index (χ0n) is 32.7. The van der Waals surface area contributed by atoms with Crippen LogP contribution in [-0.4, -0.2) is 36.3 Å². The molecule has 53 heavy (non-hydrogen) atoms. The monoisotopic (exact) mass is 1070 g/mol. The van der Waals surface area contributed by atoms with Crippen molar-refractivity contribution < 1.29 is 33.4 Å². The lowest BCUT2D eigenvalue weighted by Gasteiger charge is -2.50. The quantitative estimate of drug-likeness (QED) is 0.0980. The Morgan fingerprint density at radius 1 is 0.868 bits per heavy atom. The van der Waals surface area contributed by atoms with Crippen LogP contribution in [0.2, 0.25) is 0 Å². The van der Waals surface area contributed by atoms with E-state index in [-0.39, 0.29) is 23.5 Å². The van der Waals surface area contributed by atoms with Crippen LogP contribution in [0, 0.1) is 51.6 Å². The number of ether oxygens (including phenoxy) is 3. The van der Waals surface area contributed by atoms with Gasteiger partial charge in [-0.05, 0) is 161 Å². The fourth-order valence-electron chi connectivity index (χ4n) is 9.64. The third-order valence-electron chi connectivity index (χ3n) is 12.1. The largest absolute Gasteiger partial charge is 0.511 e. The van der Waals surface area contributed by atoms with Gasteiger partial charge in [0.25, 0.3) is 0 Å². The highest BCUT2D eigenvalue weighted by Gasteiger charge is 2.54. The number of esters is 1. The van der Waals surface area contributed by atoms with Crippen molar-refractivity contribution in [2.24, 2.45) is 40.9 Å². The van der Waals surface area contributed by atoms with Crippen molar-refractivity contribution in [1.29, 1.82) is 0 Å². The minimum absolute atomic E-state index is 0.140. The van der Waals surface area contributed by atoms with Crippen LogP contribution >= 0.6 is 67.8 Å². The summed E-state index contributed by atoms with van der Waals surface area (Å²) in [5, 5.41) is 5.49. The van der Waals surface area contributed by atoms with Gasteiger partial charge < -0.3 is 24.8 Å². The molecular formula is C41H59I3N2O7. The second-order valence-electron chi connectivity index (χ2n) is 16.5. The van der Waals surface area contributed by atoms with Gasteiger partial charge in [0.2, 0.25) is 18.1 Å². The zero-order valence-corrected chi connectivity index (χ0v) is 39.1.